The van der Waals surface area contributed by atoms with Crippen molar-refractivity contribution in [2.45, 2.75) is 58.8 Å². The van der Waals surface area contributed by atoms with Crippen molar-refractivity contribution in [3.8, 4) is 0 Å². The summed E-state index contributed by atoms with van der Waals surface area (Å²) in [6.45, 7) is 8.22. The summed E-state index contributed by atoms with van der Waals surface area (Å²) < 4.78 is 1.64. The molecule has 0 N–H and O–H groups in total. The predicted octanol–water partition coefficient (Wildman–Crippen LogP) is 2.30. The zero-order chi connectivity index (χ0) is 15.6. The van der Waals surface area contributed by atoms with Crippen molar-refractivity contribution in [1.29, 1.82) is 0 Å². The molecule has 3 rings (SSSR count). The summed E-state index contributed by atoms with van der Waals surface area (Å²) >= 11 is 0. The molecular weight excluding hydrogens is 264 g/mol. The highest BCUT2D eigenvalue weighted by Gasteiger charge is 2.54. The van der Waals surface area contributed by atoms with Gasteiger partial charge in [-0.25, -0.2) is 4.98 Å². The molecule has 0 unspecified atom stereocenters. The minimum absolute atomic E-state index is 0.0897. The van der Waals surface area contributed by atoms with Crippen molar-refractivity contribution in [3.63, 3.8) is 0 Å². The van der Waals surface area contributed by atoms with Crippen molar-refractivity contribution in [2.24, 2.45) is 18.4 Å². The van der Waals surface area contributed by atoms with Gasteiger partial charge in [0.2, 0.25) is 0 Å². The van der Waals surface area contributed by atoms with Crippen LogP contribution in [0.15, 0.2) is 4.79 Å². The van der Waals surface area contributed by atoms with E-state index in [1.807, 2.05) is 6.92 Å². The van der Waals surface area contributed by atoms with Crippen LogP contribution < -0.4 is 5.56 Å². The van der Waals surface area contributed by atoms with Gasteiger partial charge in [0.25, 0.3) is 5.56 Å². The first-order valence-electron chi connectivity index (χ1n) is 7.80. The van der Waals surface area contributed by atoms with E-state index in [0.717, 1.165) is 36.3 Å². The third-order valence-electron chi connectivity index (χ3n) is 6.06. The Bertz CT molecular complexity index is 687. The molecule has 2 aliphatic rings. The van der Waals surface area contributed by atoms with Crippen LogP contribution in [-0.2, 0) is 23.7 Å². The molecule has 1 aromatic rings. The molecule has 2 atom stereocenters. The Labute approximate surface area is 125 Å². The van der Waals surface area contributed by atoms with Gasteiger partial charge in [0.1, 0.15) is 11.6 Å². The Morgan fingerprint density at radius 1 is 1.19 bits per heavy atom. The number of fused-ring (bicyclic) bond motifs is 3. The standard InChI is InChI=1S/C17H24N2O2/c1-10-18-14-11(15(21)19(10)5)6-7-12-16(2,3)13(20)8-9-17(12,14)4/h12H,6-9H2,1-5H3/t12-,17-/m0/s1. The van der Waals surface area contributed by atoms with Gasteiger partial charge in [-0.3, -0.25) is 14.2 Å². The first-order valence-corrected chi connectivity index (χ1v) is 7.80. The summed E-state index contributed by atoms with van der Waals surface area (Å²) in [4.78, 5) is 29.6. The quantitative estimate of drug-likeness (QED) is 0.736. The van der Waals surface area contributed by atoms with Gasteiger partial charge >= 0.3 is 0 Å². The average molecular weight is 288 g/mol. The van der Waals surface area contributed by atoms with Gasteiger partial charge < -0.3 is 0 Å². The molecule has 1 fully saturated rings. The second-order valence-corrected chi connectivity index (χ2v) is 7.50. The lowest BCUT2D eigenvalue weighted by Gasteiger charge is -2.52. The average Bonchev–Trinajstić information content (AvgIpc) is 2.42. The smallest absolute Gasteiger partial charge is 0.256 e. The number of Topliss-reactive ketones (excluding diaryl/α,β-unsaturated/α-hetero) is 1. The van der Waals surface area contributed by atoms with E-state index < -0.39 is 0 Å². The fourth-order valence-corrected chi connectivity index (χ4v) is 4.56. The van der Waals surface area contributed by atoms with Crippen molar-refractivity contribution < 1.29 is 4.79 Å². The fourth-order valence-electron chi connectivity index (χ4n) is 4.56. The SMILES string of the molecule is Cc1nc2c(c(=O)n1C)CC[C@H]1C(C)(C)C(=O)CC[C@]21C. The van der Waals surface area contributed by atoms with Crippen LogP contribution in [0.3, 0.4) is 0 Å². The number of nitrogens with zero attached hydrogens (tertiary/aromatic N) is 2. The van der Waals surface area contributed by atoms with E-state index in [1.54, 1.807) is 11.6 Å². The van der Waals surface area contributed by atoms with Crippen LogP contribution in [0.25, 0.3) is 0 Å². The minimum atomic E-state index is -0.318. The van der Waals surface area contributed by atoms with E-state index in [4.69, 9.17) is 4.98 Å². The molecule has 21 heavy (non-hydrogen) atoms. The predicted molar refractivity (Wildman–Crippen MR) is 81.4 cm³/mol. The number of carbonyl (C=O) groups excluding carboxylic acids is 1. The topological polar surface area (TPSA) is 52.0 Å². The van der Waals surface area contributed by atoms with E-state index in [9.17, 15) is 9.59 Å². The Kier molecular flexibility index (Phi) is 2.95. The van der Waals surface area contributed by atoms with E-state index in [-0.39, 0.29) is 22.3 Å². The highest BCUT2D eigenvalue weighted by molar-refractivity contribution is 5.86. The van der Waals surface area contributed by atoms with Crippen LogP contribution in [0.1, 0.15) is 57.1 Å². The van der Waals surface area contributed by atoms with Crippen LogP contribution in [0.4, 0.5) is 0 Å². The van der Waals surface area contributed by atoms with Gasteiger partial charge in [-0.2, -0.15) is 0 Å². The lowest BCUT2D eigenvalue weighted by molar-refractivity contribution is -0.137. The van der Waals surface area contributed by atoms with Gasteiger partial charge in [0.15, 0.2) is 0 Å². The largest absolute Gasteiger partial charge is 0.300 e. The van der Waals surface area contributed by atoms with Crippen molar-refractivity contribution in [2.75, 3.05) is 0 Å². The maximum Gasteiger partial charge on any atom is 0.256 e. The molecule has 1 aromatic heterocycles. The molecule has 0 aliphatic heterocycles. The van der Waals surface area contributed by atoms with Crippen LogP contribution in [0.2, 0.25) is 0 Å². The minimum Gasteiger partial charge on any atom is -0.300 e. The third-order valence-corrected chi connectivity index (χ3v) is 6.06. The monoisotopic (exact) mass is 288 g/mol. The number of aryl methyl sites for hydroxylation is 1. The summed E-state index contributed by atoms with van der Waals surface area (Å²) in [5, 5.41) is 0. The Morgan fingerprint density at radius 2 is 1.86 bits per heavy atom. The first kappa shape index (κ1) is 14.5. The highest BCUT2D eigenvalue weighted by atomic mass is 16.1. The summed E-state index contributed by atoms with van der Waals surface area (Å²) in [6, 6.07) is 0. The molecule has 4 nitrogen and oxygen atoms in total. The maximum atomic E-state index is 12.5. The van der Waals surface area contributed by atoms with Gasteiger partial charge in [-0.15, -0.1) is 0 Å². The van der Waals surface area contributed by atoms with Gasteiger partial charge in [0.05, 0.1) is 5.69 Å². The molecule has 0 bridgehead atoms. The van der Waals surface area contributed by atoms with Crippen molar-refractivity contribution in [3.05, 3.63) is 27.4 Å². The second kappa shape index (κ2) is 4.28. The summed E-state index contributed by atoms with van der Waals surface area (Å²) in [6.07, 6.45) is 3.05. The van der Waals surface area contributed by atoms with E-state index in [1.165, 1.54) is 0 Å². The van der Waals surface area contributed by atoms with Gasteiger partial charge in [0, 0.05) is 29.9 Å². The molecule has 2 aliphatic carbocycles. The molecule has 0 saturated heterocycles. The van der Waals surface area contributed by atoms with Crippen molar-refractivity contribution >= 4 is 5.78 Å². The lowest BCUT2D eigenvalue weighted by atomic mass is 9.51. The normalized spacial score (nSPS) is 30.7. The van der Waals surface area contributed by atoms with Gasteiger partial charge in [-0.05, 0) is 32.1 Å². The Balaban J connectivity index is 2.24. The number of hydrogen-bond acceptors (Lipinski definition) is 3. The third kappa shape index (κ3) is 1.77. The molecule has 4 heteroatoms. The summed E-state index contributed by atoms with van der Waals surface area (Å²) in [5.74, 6) is 1.39. The number of aromatic nitrogens is 2. The molecule has 1 heterocycles. The fraction of sp³-hybridized carbons (Fsp3) is 0.706. The second-order valence-electron chi connectivity index (χ2n) is 7.50. The lowest BCUT2D eigenvalue weighted by Crippen LogP contribution is -2.53. The molecule has 0 amide bonds. The summed E-state index contributed by atoms with van der Waals surface area (Å²) in [5.41, 5.74) is 1.45. The molecular formula is C17H24N2O2. The number of rotatable bonds is 0. The van der Waals surface area contributed by atoms with Crippen LogP contribution >= 0.6 is 0 Å². The number of hydrogen-bond donors (Lipinski definition) is 0. The van der Waals surface area contributed by atoms with E-state index in [2.05, 4.69) is 20.8 Å². The van der Waals surface area contributed by atoms with Crippen molar-refractivity contribution in [1.82, 2.24) is 9.55 Å². The number of carbonyl (C=O) groups is 1. The van der Waals surface area contributed by atoms with Gasteiger partial charge in [-0.1, -0.05) is 20.8 Å². The van der Waals surface area contributed by atoms with Crippen LogP contribution in [-0.4, -0.2) is 15.3 Å². The first-order chi connectivity index (χ1) is 9.69. The molecule has 1 saturated carbocycles. The summed E-state index contributed by atoms with van der Waals surface area (Å²) in [7, 11) is 1.79. The molecule has 0 aromatic carbocycles. The maximum absolute atomic E-state index is 12.5. The van der Waals surface area contributed by atoms with Crippen LogP contribution in [0.5, 0.6) is 0 Å². The molecule has 0 spiro atoms. The Morgan fingerprint density at radius 3 is 2.52 bits per heavy atom. The highest BCUT2D eigenvalue weighted by Crippen LogP contribution is 2.54. The van der Waals surface area contributed by atoms with E-state index in [0.29, 0.717) is 12.2 Å². The number of ketones is 1. The van der Waals surface area contributed by atoms with Crippen LogP contribution in [0, 0.1) is 18.3 Å². The zero-order valence-corrected chi connectivity index (χ0v) is 13.6. The molecule has 0 radical (unpaired) electrons. The molecule has 114 valence electrons. The van der Waals surface area contributed by atoms with E-state index >= 15 is 0 Å². The zero-order valence-electron chi connectivity index (χ0n) is 13.6. The Hall–Kier alpha value is -1.45.